The van der Waals surface area contributed by atoms with Crippen LogP contribution in [0.2, 0.25) is 0 Å². The molecule has 1 unspecified atom stereocenters. The summed E-state index contributed by atoms with van der Waals surface area (Å²) in [7, 11) is 1.41. The van der Waals surface area contributed by atoms with E-state index >= 15 is 0 Å². The maximum Gasteiger partial charge on any atom is 0.255 e. The number of likely N-dealkylation sites (N-methyl/N-ethyl adjacent to an activating group) is 1. The van der Waals surface area contributed by atoms with Crippen LogP contribution in [-0.4, -0.2) is 115 Å². The number of nitrogens with two attached hydrogens (primary N) is 3. The number of benzene rings is 3. The molecule has 354 valence electrons. The summed E-state index contributed by atoms with van der Waals surface area (Å²) < 4.78 is 18.3. The Labute approximate surface area is 389 Å². The highest BCUT2D eigenvalue weighted by Gasteiger charge is 2.36. The van der Waals surface area contributed by atoms with E-state index in [0.717, 1.165) is 29.7 Å². The molecule has 0 spiro atoms. The lowest BCUT2D eigenvalue weighted by atomic mass is 9.93. The normalized spacial score (nSPS) is 18.0. The van der Waals surface area contributed by atoms with Crippen molar-refractivity contribution in [3.05, 3.63) is 88.7 Å². The number of aromatic nitrogens is 2. The Hall–Kier alpha value is -7.14. The molecule has 3 aromatic carbocycles. The van der Waals surface area contributed by atoms with E-state index in [9.17, 15) is 29.2 Å². The van der Waals surface area contributed by atoms with Crippen LogP contribution in [0.3, 0.4) is 0 Å². The Kier molecular flexibility index (Phi) is 16.1. The van der Waals surface area contributed by atoms with Crippen LogP contribution in [0.15, 0.2) is 60.8 Å². The van der Waals surface area contributed by atoms with E-state index in [-0.39, 0.29) is 63.4 Å². The lowest BCUT2D eigenvalue weighted by molar-refractivity contribution is -0.141. The van der Waals surface area contributed by atoms with E-state index in [4.69, 9.17) is 31.4 Å². The molecule has 1 aromatic heterocycles. The van der Waals surface area contributed by atoms with E-state index < -0.39 is 53.7 Å². The lowest BCUT2D eigenvalue weighted by Crippen LogP contribution is -2.56. The minimum Gasteiger partial charge on any atom is -0.492 e. The summed E-state index contributed by atoms with van der Waals surface area (Å²) in [5.74, 6) is -1.39. The molecule has 10 N–H and O–H groups in total. The zero-order chi connectivity index (χ0) is 48.4. The van der Waals surface area contributed by atoms with Crippen molar-refractivity contribution in [2.45, 2.75) is 83.1 Å². The molecule has 5 amide bonds. The molecule has 2 aliphatic rings. The Bertz CT molecular complexity index is 2540. The van der Waals surface area contributed by atoms with Crippen LogP contribution >= 0.6 is 0 Å². The number of carbonyl (C=O) groups is 5. The van der Waals surface area contributed by atoms with Gasteiger partial charge in [0, 0.05) is 49.4 Å². The summed E-state index contributed by atoms with van der Waals surface area (Å²) in [5, 5.41) is 19.9. The molecular weight excluding hydrogens is 859 g/mol. The van der Waals surface area contributed by atoms with Crippen molar-refractivity contribution in [3.63, 3.8) is 0 Å². The number of aryl methyl sites for hydroxylation is 2. The smallest absolute Gasteiger partial charge is 0.255 e. The molecule has 19 heteroatoms. The molecule has 6 rings (SSSR count). The maximum absolute atomic E-state index is 14.7. The molecule has 3 heterocycles. The molecule has 0 aliphatic carbocycles. The van der Waals surface area contributed by atoms with Crippen molar-refractivity contribution in [3.8, 4) is 45.8 Å². The van der Waals surface area contributed by atoms with Crippen LogP contribution in [0.5, 0.6) is 17.2 Å². The molecule has 2 aliphatic heterocycles. The second-order valence-corrected chi connectivity index (χ2v) is 17.1. The van der Waals surface area contributed by atoms with Gasteiger partial charge in [-0.2, -0.15) is 5.26 Å². The number of nitrogens with zero attached hydrogens (tertiary/aromatic N) is 4. The number of ether oxygens (including phenoxy) is 3. The van der Waals surface area contributed by atoms with Gasteiger partial charge in [-0.3, -0.25) is 24.0 Å². The fourth-order valence-corrected chi connectivity index (χ4v) is 7.99. The molecule has 4 aromatic rings. The van der Waals surface area contributed by atoms with Crippen molar-refractivity contribution in [2.75, 3.05) is 46.4 Å². The number of hydrogen-bond donors (Lipinski definition) is 7. The van der Waals surface area contributed by atoms with Crippen molar-refractivity contribution in [1.29, 1.82) is 5.26 Å². The van der Waals surface area contributed by atoms with Gasteiger partial charge in [0.15, 0.2) is 5.82 Å². The van der Waals surface area contributed by atoms with Crippen LogP contribution in [0.1, 0.15) is 72.4 Å². The van der Waals surface area contributed by atoms with Gasteiger partial charge in [0.2, 0.25) is 23.6 Å². The zero-order valence-corrected chi connectivity index (χ0v) is 38.4. The monoisotopic (exact) mass is 917 g/mol. The first-order valence-electron chi connectivity index (χ1n) is 22.2. The van der Waals surface area contributed by atoms with E-state index in [1.807, 2.05) is 24.3 Å². The number of fused-ring (bicyclic) bond motifs is 6. The first-order valence-corrected chi connectivity index (χ1v) is 22.2. The standard InChI is InChI=1S/C48H59N11O8/c1-27-35(26-54-42(55-27)32-8-10-38-30(24-32)12-14-48(3,4)67-38)44(61)57-36(13-15-49)47(64)59(5)41-31-7-11-40(66-21-18-52)34(25-31)33-22-29(6-9-39(33)65-20-17-51)23-37(45(62)53-19-16-50)58-43(60)28(2)56-46(41)63/h6-11,22,24-26,28,36-37,41H,12-15,17-21,23,49,51-52H2,1-5H3,(H,53,62)(H,56,63)(H,57,61)(H,58,60)/t28-,36?,37-,41-/m0/s1. The second kappa shape index (κ2) is 21.9. The first kappa shape index (κ1) is 49.3. The molecule has 4 atom stereocenters. The molecule has 19 nitrogen and oxygen atoms in total. The highest BCUT2D eigenvalue weighted by Crippen LogP contribution is 2.40. The van der Waals surface area contributed by atoms with Crippen molar-refractivity contribution < 1.29 is 38.2 Å². The van der Waals surface area contributed by atoms with Crippen LogP contribution in [0, 0.1) is 18.3 Å². The number of amides is 5. The Balaban J connectivity index is 1.36. The fourth-order valence-electron chi connectivity index (χ4n) is 7.99. The van der Waals surface area contributed by atoms with Gasteiger partial charge in [-0.1, -0.05) is 12.1 Å². The van der Waals surface area contributed by atoms with Gasteiger partial charge in [0.05, 0.1) is 17.3 Å². The van der Waals surface area contributed by atoms with Gasteiger partial charge in [-0.05, 0) is 113 Å². The van der Waals surface area contributed by atoms with Crippen molar-refractivity contribution >= 4 is 29.5 Å². The minimum absolute atomic E-state index is 0.000379. The summed E-state index contributed by atoms with van der Waals surface area (Å²) >= 11 is 0. The quantitative estimate of drug-likeness (QED) is 0.0837. The second-order valence-electron chi connectivity index (χ2n) is 17.1. The summed E-state index contributed by atoms with van der Waals surface area (Å²) in [6.45, 7) is 7.57. The summed E-state index contributed by atoms with van der Waals surface area (Å²) in [6, 6.07) is 12.8. The topological polar surface area (TPSA) is 292 Å². The molecule has 0 saturated heterocycles. The average Bonchev–Trinajstić information content (AvgIpc) is 3.30. The molecule has 0 radical (unpaired) electrons. The average molecular weight is 918 g/mol. The van der Waals surface area contributed by atoms with Crippen LogP contribution in [0.25, 0.3) is 22.5 Å². The summed E-state index contributed by atoms with van der Waals surface area (Å²) in [5.41, 5.74) is 21.6. The van der Waals surface area contributed by atoms with Crippen LogP contribution in [0.4, 0.5) is 0 Å². The minimum atomic E-state index is -1.41. The van der Waals surface area contributed by atoms with Gasteiger partial charge in [0.1, 0.15) is 66.8 Å². The van der Waals surface area contributed by atoms with E-state index in [0.29, 0.717) is 45.3 Å². The lowest BCUT2D eigenvalue weighted by Gasteiger charge is -2.32. The molecule has 0 fully saturated rings. The SMILES string of the molecule is Cc1nc(-c2ccc3c(c2)CCC(C)(C)O3)ncc1C(=O)NC(CCN)C(=O)N(C)[C@@H]1C(=O)N[C@@H](C)C(=O)N[C@H](C(=O)NCC#N)Cc2ccc(OCCN)c(c2)-c2cc1ccc2OCCN. The van der Waals surface area contributed by atoms with Gasteiger partial charge < -0.3 is 57.6 Å². The van der Waals surface area contributed by atoms with Crippen LogP contribution < -0.4 is 52.7 Å². The predicted octanol–water partition coefficient (Wildman–Crippen LogP) is 1.73. The summed E-state index contributed by atoms with van der Waals surface area (Å²) in [6.07, 6.45) is 3.09. The largest absolute Gasteiger partial charge is 0.492 e. The summed E-state index contributed by atoms with van der Waals surface area (Å²) in [4.78, 5) is 80.7. The highest BCUT2D eigenvalue weighted by molar-refractivity contribution is 6.00. The van der Waals surface area contributed by atoms with Gasteiger partial charge in [0.25, 0.3) is 5.91 Å². The molecular formula is C48H59N11O8. The fraction of sp³-hybridized carbons (Fsp3) is 0.417. The van der Waals surface area contributed by atoms with Gasteiger partial charge in [-0.15, -0.1) is 0 Å². The number of nitrogens with one attached hydrogen (secondary N) is 4. The number of carbonyl (C=O) groups excluding carboxylic acids is 5. The highest BCUT2D eigenvalue weighted by atomic mass is 16.5. The van der Waals surface area contributed by atoms with Crippen LogP contribution in [-0.2, 0) is 32.0 Å². The van der Waals surface area contributed by atoms with Gasteiger partial charge in [-0.25, -0.2) is 9.97 Å². The third-order valence-corrected chi connectivity index (χ3v) is 11.5. The van der Waals surface area contributed by atoms with Crippen molar-refractivity contribution in [1.82, 2.24) is 36.1 Å². The molecule has 0 saturated carbocycles. The molecule has 4 bridgehead atoms. The van der Waals surface area contributed by atoms with Crippen molar-refractivity contribution in [2.24, 2.45) is 17.2 Å². The Morgan fingerprint density at radius 3 is 2.34 bits per heavy atom. The predicted molar refractivity (Wildman–Crippen MR) is 249 cm³/mol. The Morgan fingerprint density at radius 2 is 1.67 bits per heavy atom. The van der Waals surface area contributed by atoms with E-state index in [2.05, 4.69) is 45.1 Å². The third-order valence-electron chi connectivity index (χ3n) is 11.5. The first-order chi connectivity index (χ1) is 32.1. The van der Waals surface area contributed by atoms with Gasteiger partial charge >= 0.3 is 0 Å². The zero-order valence-electron chi connectivity index (χ0n) is 38.4. The van der Waals surface area contributed by atoms with E-state index in [1.54, 1.807) is 43.3 Å². The Morgan fingerprint density at radius 1 is 0.970 bits per heavy atom. The number of rotatable bonds is 15. The number of hydrogen-bond acceptors (Lipinski definition) is 14. The molecule has 67 heavy (non-hydrogen) atoms. The van der Waals surface area contributed by atoms with E-state index in [1.165, 1.54) is 25.1 Å². The third kappa shape index (κ3) is 11.8. The maximum atomic E-state index is 14.7. The number of nitriles is 1.